The van der Waals surface area contributed by atoms with E-state index in [-0.39, 0.29) is 0 Å². The highest BCUT2D eigenvalue weighted by Crippen LogP contribution is 2.57. The van der Waals surface area contributed by atoms with Crippen molar-refractivity contribution in [3.8, 4) is 0 Å². The van der Waals surface area contributed by atoms with Crippen LogP contribution in [0.3, 0.4) is 0 Å². The van der Waals surface area contributed by atoms with Gasteiger partial charge in [0.1, 0.15) is 6.10 Å². The van der Waals surface area contributed by atoms with E-state index in [9.17, 15) is 15.3 Å². The first-order valence-electron chi connectivity index (χ1n) is 7.35. The number of hydrogen-bond donors (Lipinski definition) is 3. The van der Waals surface area contributed by atoms with Gasteiger partial charge in [0.25, 0.3) is 0 Å². The van der Waals surface area contributed by atoms with Crippen molar-refractivity contribution >= 4 is 0 Å². The summed E-state index contributed by atoms with van der Waals surface area (Å²) in [5, 5.41) is 28.9. The Morgan fingerprint density at radius 1 is 0.889 bits per heavy atom. The maximum absolute atomic E-state index is 9.69. The fourth-order valence-corrected chi connectivity index (χ4v) is 3.74. The fraction of sp³-hybridized carbons (Fsp3) is 1.00. The van der Waals surface area contributed by atoms with E-state index in [0.29, 0.717) is 19.0 Å². The number of β-amino-alcohol motifs (C(OH)–C–C–N with tert-alkyl or cyclic N) is 2. The van der Waals surface area contributed by atoms with Crippen molar-refractivity contribution in [2.45, 2.75) is 56.8 Å². The molecule has 1 saturated heterocycles. The van der Waals surface area contributed by atoms with Gasteiger partial charge < -0.3 is 15.3 Å². The molecule has 1 spiro atoms. The maximum Gasteiger partial charge on any atom is 0.108 e. The Kier molecular flexibility index (Phi) is 3.39. The van der Waals surface area contributed by atoms with Crippen LogP contribution in [0, 0.1) is 11.3 Å². The van der Waals surface area contributed by atoms with Gasteiger partial charge in [-0.2, -0.15) is 0 Å². The molecule has 18 heavy (non-hydrogen) atoms. The lowest BCUT2D eigenvalue weighted by atomic mass is 9.79. The molecule has 2 aliphatic carbocycles. The van der Waals surface area contributed by atoms with Gasteiger partial charge in [-0.3, -0.25) is 4.90 Å². The van der Waals surface area contributed by atoms with Crippen LogP contribution >= 0.6 is 0 Å². The zero-order valence-corrected chi connectivity index (χ0v) is 11.0. The molecule has 4 nitrogen and oxygen atoms in total. The summed E-state index contributed by atoms with van der Waals surface area (Å²) in [5.74, 6) is 0.714. The summed E-state index contributed by atoms with van der Waals surface area (Å²) in [5.41, 5.74) is 0.730. The van der Waals surface area contributed by atoms with E-state index in [1.54, 1.807) is 0 Å². The third-order valence-corrected chi connectivity index (χ3v) is 5.32. The Hall–Kier alpha value is -0.160. The molecule has 0 bridgehead atoms. The lowest BCUT2D eigenvalue weighted by Crippen LogP contribution is -2.56. The van der Waals surface area contributed by atoms with Gasteiger partial charge in [0.15, 0.2) is 0 Å². The molecule has 3 fully saturated rings. The third-order valence-electron chi connectivity index (χ3n) is 5.32. The van der Waals surface area contributed by atoms with Crippen LogP contribution in [0.1, 0.15) is 38.5 Å². The van der Waals surface area contributed by atoms with Crippen molar-refractivity contribution in [1.82, 2.24) is 4.90 Å². The molecule has 3 rings (SSSR count). The number of hydrogen-bond acceptors (Lipinski definition) is 4. The molecule has 104 valence electrons. The molecule has 0 unspecified atom stereocenters. The number of likely N-dealkylation sites (tertiary alicyclic amines) is 1. The van der Waals surface area contributed by atoms with Crippen molar-refractivity contribution in [1.29, 1.82) is 0 Å². The minimum Gasteiger partial charge on any atom is -0.389 e. The Balaban J connectivity index is 1.48. The minimum atomic E-state index is -0.970. The summed E-state index contributed by atoms with van der Waals surface area (Å²) in [6, 6.07) is 0. The molecule has 0 radical (unpaired) electrons. The Morgan fingerprint density at radius 3 is 1.94 bits per heavy atom. The van der Waals surface area contributed by atoms with Crippen LogP contribution in [-0.4, -0.2) is 58.2 Å². The summed E-state index contributed by atoms with van der Waals surface area (Å²) >= 11 is 0. The topological polar surface area (TPSA) is 63.9 Å². The number of piperidine rings is 1. The molecule has 0 amide bonds. The first-order valence-corrected chi connectivity index (χ1v) is 7.35. The summed E-state index contributed by atoms with van der Waals surface area (Å²) in [6.07, 6.45) is 5.65. The second kappa shape index (κ2) is 4.75. The third kappa shape index (κ3) is 2.57. The van der Waals surface area contributed by atoms with E-state index in [1.807, 2.05) is 0 Å². The first kappa shape index (κ1) is 12.9. The summed E-state index contributed by atoms with van der Waals surface area (Å²) in [7, 11) is 0. The van der Waals surface area contributed by atoms with Crippen molar-refractivity contribution in [3.05, 3.63) is 0 Å². The van der Waals surface area contributed by atoms with Crippen molar-refractivity contribution in [3.63, 3.8) is 0 Å². The molecule has 0 aromatic rings. The van der Waals surface area contributed by atoms with Crippen LogP contribution in [0.2, 0.25) is 0 Å². The Labute approximate surface area is 109 Å². The molecular weight excluding hydrogens is 230 g/mol. The van der Waals surface area contributed by atoms with Crippen LogP contribution in [0.5, 0.6) is 0 Å². The average molecular weight is 255 g/mol. The number of nitrogens with zero attached hydrogens (tertiary/aromatic N) is 1. The van der Waals surface area contributed by atoms with Crippen LogP contribution in [0.4, 0.5) is 0 Å². The number of aliphatic hydroxyl groups excluding tert-OH is 3. The van der Waals surface area contributed by atoms with E-state index in [0.717, 1.165) is 12.0 Å². The summed E-state index contributed by atoms with van der Waals surface area (Å²) in [6.45, 7) is 1.97. The SMILES string of the molecule is O[C@H]1[C@H](O)CN(CC2CCC3(CC2)CC3)C[C@@H]1O. The molecule has 0 aromatic carbocycles. The average Bonchev–Trinajstić information content (AvgIpc) is 3.09. The predicted molar refractivity (Wildman–Crippen MR) is 68.1 cm³/mol. The van der Waals surface area contributed by atoms with E-state index in [2.05, 4.69) is 4.90 Å². The normalized spacial score (nSPS) is 41.2. The highest BCUT2D eigenvalue weighted by atomic mass is 16.4. The van der Waals surface area contributed by atoms with Crippen LogP contribution in [0.25, 0.3) is 0 Å². The lowest BCUT2D eigenvalue weighted by Gasteiger charge is -2.39. The molecule has 3 aliphatic rings. The van der Waals surface area contributed by atoms with Gasteiger partial charge >= 0.3 is 0 Å². The van der Waals surface area contributed by atoms with Gasteiger partial charge in [0.2, 0.25) is 0 Å². The van der Waals surface area contributed by atoms with Crippen molar-refractivity contribution in [2.24, 2.45) is 11.3 Å². The second-order valence-electron chi connectivity index (χ2n) is 6.79. The minimum absolute atomic E-state index is 0.500. The zero-order chi connectivity index (χ0) is 12.8. The van der Waals surface area contributed by atoms with E-state index < -0.39 is 18.3 Å². The summed E-state index contributed by atoms with van der Waals surface area (Å²) in [4.78, 5) is 2.12. The standard InChI is InChI=1S/C14H25NO3/c16-11-8-15(9-12(17)13(11)18)7-10-1-3-14(4-2-10)5-6-14/h10-13,16-18H,1-9H2/t11-,12+,13+. The maximum atomic E-state index is 9.69. The largest absolute Gasteiger partial charge is 0.389 e. The Morgan fingerprint density at radius 2 is 1.44 bits per heavy atom. The summed E-state index contributed by atoms with van der Waals surface area (Å²) < 4.78 is 0. The molecule has 1 heterocycles. The lowest BCUT2D eigenvalue weighted by molar-refractivity contribution is -0.112. The monoisotopic (exact) mass is 255 g/mol. The molecule has 3 atom stereocenters. The van der Waals surface area contributed by atoms with Crippen LogP contribution in [-0.2, 0) is 0 Å². The van der Waals surface area contributed by atoms with Crippen LogP contribution < -0.4 is 0 Å². The van der Waals surface area contributed by atoms with Gasteiger partial charge in [0.05, 0.1) is 12.2 Å². The van der Waals surface area contributed by atoms with Gasteiger partial charge in [-0.15, -0.1) is 0 Å². The second-order valence-corrected chi connectivity index (χ2v) is 6.79. The molecular formula is C14H25NO3. The van der Waals surface area contributed by atoms with Gasteiger partial charge in [-0.05, 0) is 49.9 Å². The predicted octanol–water partition coefficient (Wildman–Crippen LogP) is 0.355. The highest BCUT2D eigenvalue weighted by Gasteiger charge is 2.45. The van der Waals surface area contributed by atoms with Crippen molar-refractivity contribution < 1.29 is 15.3 Å². The van der Waals surface area contributed by atoms with Gasteiger partial charge in [0, 0.05) is 19.6 Å². The van der Waals surface area contributed by atoms with Crippen LogP contribution in [0.15, 0.2) is 0 Å². The number of rotatable bonds is 2. The first-order chi connectivity index (χ1) is 8.58. The van der Waals surface area contributed by atoms with Crippen molar-refractivity contribution in [2.75, 3.05) is 19.6 Å². The number of aliphatic hydroxyl groups is 3. The molecule has 4 heteroatoms. The van der Waals surface area contributed by atoms with E-state index >= 15 is 0 Å². The fourth-order valence-electron chi connectivity index (χ4n) is 3.74. The van der Waals surface area contributed by atoms with Gasteiger partial charge in [-0.1, -0.05) is 0 Å². The zero-order valence-electron chi connectivity index (χ0n) is 11.0. The molecule has 1 aliphatic heterocycles. The van der Waals surface area contributed by atoms with E-state index in [1.165, 1.54) is 38.5 Å². The molecule has 3 N–H and O–H groups in total. The smallest absolute Gasteiger partial charge is 0.108 e. The Bertz CT molecular complexity index is 283. The highest BCUT2D eigenvalue weighted by molar-refractivity contribution is 4.97. The van der Waals surface area contributed by atoms with E-state index in [4.69, 9.17) is 0 Å². The molecule has 0 aromatic heterocycles. The quantitative estimate of drug-likeness (QED) is 0.666. The van der Waals surface area contributed by atoms with Gasteiger partial charge in [-0.25, -0.2) is 0 Å². The molecule has 2 saturated carbocycles.